The largest absolute Gasteiger partial charge is 0.491 e. The molecule has 0 amide bonds. The number of sulfonamides is 1. The van der Waals surface area contributed by atoms with E-state index in [0.29, 0.717) is 0 Å². The third kappa shape index (κ3) is 3.20. The van der Waals surface area contributed by atoms with Crippen LogP contribution in [0.25, 0.3) is 0 Å². The van der Waals surface area contributed by atoms with Gasteiger partial charge in [-0.3, -0.25) is 4.98 Å². The van der Waals surface area contributed by atoms with Gasteiger partial charge in [0, 0.05) is 6.20 Å². The van der Waals surface area contributed by atoms with Gasteiger partial charge in [0.05, 0.1) is 18.8 Å². The molecule has 2 aromatic rings. The number of nitrogens with one attached hydrogen (secondary N) is 1. The van der Waals surface area contributed by atoms with Crippen LogP contribution in [-0.4, -0.2) is 20.5 Å². The van der Waals surface area contributed by atoms with Gasteiger partial charge in [-0.25, -0.2) is 21.9 Å². The van der Waals surface area contributed by atoms with Crippen LogP contribution >= 0.6 is 0 Å². The first-order valence-corrected chi connectivity index (χ1v) is 8.02. The molecule has 1 aromatic heterocycles. The fourth-order valence-electron chi connectivity index (χ4n) is 1.99. The Morgan fingerprint density at radius 1 is 1.08 bits per heavy atom. The van der Waals surface area contributed by atoms with E-state index in [9.17, 15) is 26.0 Å². The zero-order valence-corrected chi connectivity index (χ0v) is 13.3. The zero-order chi connectivity index (χ0) is 18.1. The Bertz CT molecular complexity index is 831. The molecule has 5 nitrogen and oxygen atoms in total. The first-order valence-electron chi connectivity index (χ1n) is 6.54. The van der Waals surface area contributed by atoms with E-state index < -0.39 is 50.0 Å². The van der Waals surface area contributed by atoms with Crippen LogP contribution in [0.4, 0.5) is 17.6 Å². The average Bonchev–Trinajstić information content (AvgIpc) is 2.54. The van der Waals surface area contributed by atoms with Crippen LogP contribution in [0.15, 0.2) is 29.3 Å². The van der Waals surface area contributed by atoms with Gasteiger partial charge in [-0.1, -0.05) is 6.07 Å². The number of pyridine rings is 1. The first kappa shape index (κ1) is 18.1. The van der Waals surface area contributed by atoms with E-state index in [2.05, 4.69) is 9.72 Å². The minimum atomic E-state index is -4.91. The minimum Gasteiger partial charge on any atom is -0.491 e. The zero-order valence-electron chi connectivity index (χ0n) is 12.5. The van der Waals surface area contributed by atoms with Gasteiger partial charge in [0.15, 0.2) is 22.3 Å². The molecule has 0 bridgehead atoms. The summed E-state index contributed by atoms with van der Waals surface area (Å²) < 4.78 is 85.7. The minimum absolute atomic E-state index is 0.247. The second kappa shape index (κ2) is 6.73. The molecule has 24 heavy (non-hydrogen) atoms. The van der Waals surface area contributed by atoms with Crippen LogP contribution in [0.2, 0.25) is 0 Å². The van der Waals surface area contributed by atoms with Crippen molar-refractivity contribution < 1.29 is 30.7 Å². The van der Waals surface area contributed by atoms with E-state index in [4.69, 9.17) is 0 Å². The highest BCUT2D eigenvalue weighted by Gasteiger charge is 2.34. The SMILES string of the molecule is COc1c(F)c(F)c(S(=O)(=O)NC(C)c2ccccn2)c(F)c1F. The molecule has 0 saturated heterocycles. The number of hydrogen-bond acceptors (Lipinski definition) is 4. The van der Waals surface area contributed by atoms with Crippen LogP contribution < -0.4 is 9.46 Å². The van der Waals surface area contributed by atoms with Gasteiger partial charge >= 0.3 is 0 Å². The maximum absolute atomic E-state index is 13.9. The van der Waals surface area contributed by atoms with Gasteiger partial charge < -0.3 is 4.74 Å². The molecule has 2 rings (SSSR count). The molecule has 0 aliphatic rings. The van der Waals surface area contributed by atoms with Gasteiger partial charge in [-0.15, -0.1) is 0 Å². The summed E-state index contributed by atoms with van der Waals surface area (Å²) in [6, 6.07) is 3.62. The predicted octanol–water partition coefficient (Wildman–Crippen LogP) is 2.69. The van der Waals surface area contributed by atoms with Crippen molar-refractivity contribution in [2.45, 2.75) is 17.9 Å². The van der Waals surface area contributed by atoms with E-state index in [-0.39, 0.29) is 5.69 Å². The Kier molecular flexibility index (Phi) is 5.09. The number of hydrogen-bond donors (Lipinski definition) is 1. The average molecular weight is 364 g/mol. The van der Waals surface area contributed by atoms with Crippen molar-refractivity contribution in [1.82, 2.24) is 9.71 Å². The monoisotopic (exact) mass is 364 g/mol. The highest BCUT2D eigenvalue weighted by Crippen LogP contribution is 2.32. The number of halogens is 4. The fourth-order valence-corrected chi connectivity index (χ4v) is 3.35. The molecule has 0 aliphatic carbocycles. The van der Waals surface area contributed by atoms with Gasteiger partial charge in [-0.2, -0.15) is 8.78 Å². The van der Waals surface area contributed by atoms with Crippen LogP contribution in [0.1, 0.15) is 18.7 Å². The topological polar surface area (TPSA) is 68.3 Å². The second-order valence-electron chi connectivity index (χ2n) is 4.72. The molecule has 130 valence electrons. The smallest absolute Gasteiger partial charge is 0.247 e. The summed E-state index contributed by atoms with van der Waals surface area (Å²) in [5, 5.41) is 0. The standard InChI is InChI=1S/C14H12F4N2O3S/c1-7(8-5-3-4-6-19-8)20-24(21,22)14-11(17)9(15)13(23-2)10(16)12(14)18/h3-7,20H,1-2H3. The summed E-state index contributed by atoms with van der Waals surface area (Å²) in [6.07, 6.45) is 1.38. The molecule has 1 heterocycles. The van der Waals surface area contributed by atoms with Gasteiger partial charge in [-0.05, 0) is 19.1 Å². The van der Waals surface area contributed by atoms with E-state index in [1.165, 1.54) is 19.2 Å². The molecule has 0 spiro atoms. The summed E-state index contributed by atoms with van der Waals surface area (Å²) in [4.78, 5) is 2.12. The molecule has 0 fully saturated rings. The molecule has 10 heteroatoms. The van der Waals surface area contributed by atoms with E-state index in [0.717, 1.165) is 7.11 Å². The molecule has 1 atom stereocenters. The number of ether oxygens (including phenoxy) is 1. The number of rotatable bonds is 5. The number of aromatic nitrogens is 1. The Hall–Kier alpha value is -2.20. The van der Waals surface area contributed by atoms with Crippen LogP contribution in [0.5, 0.6) is 5.75 Å². The maximum atomic E-state index is 13.9. The van der Waals surface area contributed by atoms with Crippen molar-refractivity contribution >= 4 is 10.0 Å². The van der Waals surface area contributed by atoms with Gasteiger partial charge in [0.1, 0.15) is 0 Å². The normalized spacial score (nSPS) is 12.9. The first-order chi connectivity index (χ1) is 11.2. The Morgan fingerprint density at radius 2 is 1.67 bits per heavy atom. The number of methoxy groups -OCH3 is 1. The lowest BCUT2D eigenvalue weighted by Gasteiger charge is -2.16. The predicted molar refractivity (Wildman–Crippen MR) is 75.8 cm³/mol. The van der Waals surface area contributed by atoms with Crippen molar-refractivity contribution in [2.24, 2.45) is 0 Å². The highest BCUT2D eigenvalue weighted by atomic mass is 32.2. The number of nitrogens with zero attached hydrogens (tertiary/aromatic N) is 1. The van der Waals surface area contributed by atoms with E-state index in [1.807, 2.05) is 4.72 Å². The van der Waals surface area contributed by atoms with Crippen molar-refractivity contribution in [3.8, 4) is 5.75 Å². The van der Waals surface area contributed by atoms with Crippen molar-refractivity contribution in [3.63, 3.8) is 0 Å². The fraction of sp³-hybridized carbons (Fsp3) is 0.214. The Labute approximate surface area is 135 Å². The van der Waals surface area contributed by atoms with Crippen molar-refractivity contribution in [2.75, 3.05) is 7.11 Å². The van der Waals surface area contributed by atoms with Crippen molar-refractivity contribution in [3.05, 3.63) is 53.4 Å². The van der Waals surface area contributed by atoms with Crippen LogP contribution in [-0.2, 0) is 10.0 Å². The van der Waals surface area contributed by atoms with Crippen molar-refractivity contribution in [1.29, 1.82) is 0 Å². The Balaban J connectivity index is 2.51. The van der Waals surface area contributed by atoms with Gasteiger partial charge in [0.2, 0.25) is 21.7 Å². The van der Waals surface area contributed by atoms with E-state index in [1.54, 1.807) is 12.1 Å². The lowest BCUT2D eigenvalue weighted by molar-refractivity contribution is 0.322. The van der Waals surface area contributed by atoms with Gasteiger partial charge in [0.25, 0.3) is 0 Å². The summed E-state index contributed by atoms with van der Waals surface area (Å²) in [5.41, 5.74) is 0.247. The molecule has 0 aliphatic heterocycles. The summed E-state index contributed by atoms with van der Waals surface area (Å²) in [5.74, 6) is -9.39. The third-order valence-electron chi connectivity index (χ3n) is 3.12. The van der Waals surface area contributed by atoms with Crippen LogP contribution in [0.3, 0.4) is 0 Å². The molecule has 1 unspecified atom stereocenters. The van der Waals surface area contributed by atoms with Crippen LogP contribution in [0, 0.1) is 23.3 Å². The number of benzene rings is 1. The highest BCUT2D eigenvalue weighted by molar-refractivity contribution is 7.89. The Morgan fingerprint density at radius 3 is 2.12 bits per heavy atom. The molecule has 0 radical (unpaired) electrons. The molecule has 1 aromatic carbocycles. The quantitative estimate of drug-likeness (QED) is 0.654. The molecular formula is C14H12F4N2O3S. The lowest BCUT2D eigenvalue weighted by atomic mass is 10.2. The lowest BCUT2D eigenvalue weighted by Crippen LogP contribution is -2.29. The maximum Gasteiger partial charge on any atom is 0.247 e. The molecule has 1 N–H and O–H groups in total. The second-order valence-corrected chi connectivity index (χ2v) is 6.37. The molecule has 0 saturated carbocycles. The summed E-state index contributed by atoms with van der Waals surface area (Å²) in [7, 11) is -4.13. The third-order valence-corrected chi connectivity index (χ3v) is 4.68. The molecular weight excluding hydrogens is 352 g/mol. The summed E-state index contributed by atoms with van der Waals surface area (Å²) >= 11 is 0. The summed E-state index contributed by atoms with van der Waals surface area (Å²) in [6.45, 7) is 1.35. The van der Waals surface area contributed by atoms with E-state index >= 15 is 0 Å².